The van der Waals surface area contributed by atoms with Crippen LogP contribution in [0, 0.1) is 0 Å². The minimum absolute atomic E-state index is 0.0691. The number of amides is 1. The van der Waals surface area contributed by atoms with Crippen molar-refractivity contribution in [2.75, 3.05) is 19.6 Å². The lowest BCUT2D eigenvalue weighted by Crippen LogP contribution is -2.37. The fraction of sp³-hybridized carbons (Fsp3) is 0.217. The largest absolute Gasteiger partial charge is 0.355 e. The van der Waals surface area contributed by atoms with E-state index in [1.807, 2.05) is 53.8 Å². The van der Waals surface area contributed by atoms with E-state index in [9.17, 15) is 4.79 Å². The molecule has 1 amide bonds. The van der Waals surface area contributed by atoms with Crippen LogP contribution in [0.4, 0.5) is 0 Å². The molecule has 0 unspecified atom stereocenters. The molecule has 146 valence electrons. The monoisotopic (exact) mass is 403 g/mol. The molecule has 0 spiro atoms. The van der Waals surface area contributed by atoms with Gasteiger partial charge in [-0.15, -0.1) is 11.3 Å². The van der Waals surface area contributed by atoms with Crippen LogP contribution in [0.25, 0.3) is 22.2 Å². The molecule has 0 saturated heterocycles. The van der Waals surface area contributed by atoms with E-state index in [1.165, 1.54) is 10.4 Å². The zero-order valence-electron chi connectivity index (χ0n) is 15.9. The highest BCUT2D eigenvalue weighted by atomic mass is 32.1. The van der Waals surface area contributed by atoms with E-state index in [-0.39, 0.29) is 5.91 Å². The number of benzene rings is 2. The maximum Gasteiger partial charge on any atom is 0.251 e. The van der Waals surface area contributed by atoms with E-state index < -0.39 is 0 Å². The van der Waals surface area contributed by atoms with Crippen LogP contribution in [0.3, 0.4) is 0 Å². The molecule has 6 heteroatoms. The molecular formula is C23H21N3O2S. The summed E-state index contributed by atoms with van der Waals surface area (Å²) in [6.07, 6.45) is 1.10. The van der Waals surface area contributed by atoms with Gasteiger partial charge in [0.15, 0.2) is 5.76 Å². The van der Waals surface area contributed by atoms with Gasteiger partial charge in [-0.25, -0.2) is 0 Å². The van der Waals surface area contributed by atoms with Gasteiger partial charge < -0.3 is 9.84 Å². The molecule has 0 atom stereocenters. The van der Waals surface area contributed by atoms with Crippen molar-refractivity contribution in [1.29, 1.82) is 0 Å². The van der Waals surface area contributed by atoms with E-state index >= 15 is 0 Å². The molecule has 4 aromatic rings. The Labute approximate surface area is 172 Å². The molecule has 2 aromatic heterocycles. The van der Waals surface area contributed by atoms with Gasteiger partial charge in [-0.2, -0.15) is 0 Å². The normalized spacial score (nSPS) is 14.1. The molecule has 29 heavy (non-hydrogen) atoms. The van der Waals surface area contributed by atoms with Crippen LogP contribution in [0.1, 0.15) is 20.8 Å². The number of hydrogen-bond acceptors (Lipinski definition) is 5. The van der Waals surface area contributed by atoms with Gasteiger partial charge in [-0.05, 0) is 41.6 Å². The summed E-state index contributed by atoms with van der Waals surface area (Å²) in [5.41, 5.74) is 3.75. The van der Waals surface area contributed by atoms with Crippen LogP contribution in [0.2, 0.25) is 0 Å². The number of aromatic nitrogens is 1. The highest BCUT2D eigenvalue weighted by molar-refractivity contribution is 7.10. The van der Waals surface area contributed by atoms with Gasteiger partial charge in [0.1, 0.15) is 5.52 Å². The topological polar surface area (TPSA) is 58.4 Å². The predicted octanol–water partition coefficient (Wildman–Crippen LogP) is 4.34. The molecule has 5 rings (SSSR count). The predicted molar refractivity (Wildman–Crippen MR) is 115 cm³/mol. The first-order valence-corrected chi connectivity index (χ1v) is 10.7. The average molecular weight is 404 g/mol. The number of fused-ring (bicyclic) bond motifs is 2. The summed E-state index contributed by atoms with van der Waals surface area (Å²) in [7, 11) is 0. The van der Waals surface area contributed by atoms with Crippen LogP contribution in [0.15, 0.2) is 64.5 Å². The van der Waals surface area contributed by atoms with E-state index in [0.717, 1.165) is 42.5 Å². The SMILES string of the molecule is O=C(NCCN1CCc2sccc2C1)c1ccc2noc(-c3ccccc3)c2c1. The first-order valence-electron chi connectivity index (χ1n) is 9.78. The van der Waals surface area contributed by atoms with Gasteiger partial charge in [-0.3, -0.25) is 9.69 Å². The molecule has 0 aliphatic carbocycles. The second kappa shape index (κ2) is 7.81. The molecule has 5 nitrogen and oxygen atoms in total. The lowest BCUT2D eigenvalue weighted by molar-refractivity contribution is 0.0947. The van der Waals surface area contributed by atoms with E-state index in [4.69, 9.17) is 4.52 Å². The minimum Gasteiger partial charge on any atom is -0.355 e. The summed E-state index contributed by atoms with van der Waals surface area (Å²) < 4.78 is 5.53. The maximum atomic E-state index is 12.7. The summed E-state index contributed by atoms with van der Waals surface area (Å²) in [5, 5.41) is 10.2. The Morgan fingerprint density at radius 1 is 1.17 bits per heavy atom. The van der Waals surface area contributed by atoms with Crippen molar-refractivity contribution in [3.63, 3.8) is 0 Å². The van der Waals surface area contributed by atoms with E-state index in [0.29, 0.717) is 17.9 Å². The molecule has 0 fully saturated rings. The summed E-state index contributed by atoms with van der Waals surface area (Å²) in [5.74, 6) is 0.621. The van der Waals surface area contributed by atoms with Crippen LogP contribution in [-0.4, -0.2) is 35.6 Å². The second-order valence-corrected chi connectivity index (χ2v) is 8.26. The van der Waals surface area contributed by atoms with Crippen molar-refractivity contribution < 1.29 is 9.32 Å². The van der Waals surface area contributed by atoms with Crippen LogP contribution in [0.5, 0.6) is 0 Å². The highest BCUT2D eigenvalue weighted by Crippen LogP contribution is 2.29. The van der Waals surface area contributed by atoms with Gasteiger partial charge in [0.25, 0.3) is 5.91 Å². The first kappa shape index (κ1) is 18.1. The molecule has 1 N–H and O–H groups in total. The molecule has 3 heterocycles. The zero-order chi connectivity index (χ0) is 19.6. The number of nitrogens with one attached hydrogen (secondary N) is 1. The Bertz CT molecular complexity index is 1150. The molecule has 1 aliphatic rings. The molecule has 2 aromatic carbocycles. The van der Waals surface area contributed by atoms with Gasteiger partial charge in [0.05, 0.1) is 5.39 Å². The summed E-state index contributed by atoms with van der Waals surface area (Å²) in [6.45, 7) is 3.51. The molecule has 0 saturated carbocycles. The molecule has 0 bridgehead atoms. The van der Waals surface area contributed by atoms with Crippen LogP contribution < -0.4 is 5.32 Å². The van der Waals surface area contributed by atoms with Crippen molar-refractivity contribution in [3.8, 4) is 11.3 Å². The van der Waals surface area contributed by atoms with Gasteiger partial charge in [0.2, 0.25) is 0 Å². The quantitative estimate of drug-likeness (QED) is 0.538. The molecular weight excluding hydrogens is 382 g/mol. The number of hydrogen-bond donors (Lipinski definition) is 1. The third-order valence-corrected chi connectivity index (χ3v) is 6.40. The smallest absolute Gasteiger partial charge is 0.251 e. The molecule has 1 aliphatic heterocycles. The van der Waals surface area contributed by atoms with E-state index in [2.05, 4.69) is 26.8 Å². The second-order valence-electron chi connectivity index (χ2n) is 7.26. The Morgan fingerprint density at radius 2 is 2.07 bits per heavy atom. The van der Waals surface area contributed by atoms with Crippen molar-refractivity contribution in [2.45, 2.75) is 13.0 Å². The zero-order valence-corrected chi connectivity index (χ0v) is 16.7. The standard InChI is InChI=1S/C23H21N3O2S/c27-23(24-10-12-26-11-8-21-18(15-26)9-13-29-21)17-6-7-20-19(14-17)22(28-25-20)16-4-2-1-3-5-16/h1-7,9,13-14H,8,10-12,15H2,(H,24,27). The van der Waals surface area contributed by atoms with Crippen molar-refractivity contribution in [2.24, 2.45) is 0 Å². The number of rotatable bonds is 5. The number of nitrogens with zero attached hydrogens (tertiary/aromatic N) is 2. The minimum atomic E-state index is -0.0691. The van der Waals surface area contributed by atoms with Crippen LogP contribution >= 0.6 is 11.3 Å². The first-order chi connectivity index (χ1) is 14.3. The Morgan fingerprint density at radius 3 is 2.97 bits per heavy atom. The summed E-state index contributed by atoms with van der Waals surface area (Å²) >= 11 is 1.85. The van der Waals surface area contributed by atoms with Gasteiger partial charge in [-0.1, -0.05) is 35.5 Å². The highest BCUT2D eigenvalue weighted by Gasteiger charge is 2.17. The van der Waals surface area contributed by atoms with Gasteiger partial charge in [0, 0.05) is 42.2 Å². The number of carbonyl (C=O) groups excluding carboxylic acids is 1. The molecule has 0 radical (unpaired) electrons. The third-order valence-electron chi connectivity index (χ3n) is 5.37. The summed E-state index contributed by atoms with van der Waals surface area (Å²) in [4.78, 5) is 16.6. The fourth-order valence-corrected chi connectivity index (χ4v) is 4.70. The Kier molecular flexibility index (Phi) is 4.87. The Hall–Kier alpha value is -2.96. The number of carbonyl (C=O) groups is 1. The fourth-order valence-electron chi connectivity index (χ4n) is 3.81. The van der Waals surface area contributed by atoms with E-state index in [1.54, 1.807) is 6.07 Å². The average Bonchev–Trinajstić information content (AvgIpc) is 3.40. The Balaban J connectivity index is 1.25. The number of thiophene rings is 1. The van der Waals surface area contributed by atoms with Gasteiger partial charge >= 0.3 is 0 Å². The lowest BCUT2D eigenvalue weighted by atomic mass is 10.1. The lowest BCUT2D eigenvalue weighted by Gasteiger charge is -2.26. The third kappa shape index (κ3) is 3.69. The van der Waals surface area contributed by atoms with Crippen LogP contribution in [-0.2, 0) is 13.0 Å². The van der Waals surface area contributed by atoms with Crippen molar-refractivity contribution in [1.82, 2.24) is 15.4 Å². The van der Waals surface area contributed by atoms with Crippen molar-refractivity contribution >= 4 is 28.1 Å². The maximum absolute atomic E-state index is 12.7. The summed E-state index contributed by atoms with van der Waals surface area (Å²) in [6, 6.07) is 17.5. The van der Waals surface area contributed by atoms with Crippen molar-refractivity contribution in [3.05, 3.63) is 76.0 Å².